The van der Waals surface area contributed by atoms with E-state index < -0.39 is 16.1 Å². The van der Waals surface area contributed by atoms with Gasteiger partial charge in [0.15, 0.2) is 0 Å². The predicted octanol–water partition coefficient (Wildman–Crippen LogP) is 4.66. The Balaban J connectivity index is 3.01. The fourth-order valence-corrected chi connectivity index (χ4v) is 30.0. The van der Waals surface area contributed by atoms with Gasteiger partial charge in [0.2, 0.25) is 0 Å². The molecule has 1 heterocycles. The third-order valence-corrected chi connectivity index (χ3v) is 22.5. The molecule has 0 atom stereocenters. The van der Waals surface area contributed by atoms with Crippen molar-refractivity contribution in [1.29, 1.82) is 0 Å². The third-order valence-electron chi connectivity index (χ3n) is 4.58. The molecule has 0 unspecified atom stereocenters. The van der Waals surface area contributed by atoms with Crippen molar-refractivity contribution in [3.8, 4) is 0 Å². The van der Waals surface area contributed by atoms with E-state index in [4.69, 9.17) is 0 Å². The van der Waals surface area contributed by atoms with Crippen LogP contribution in [-0.4, -0.2) is 16.1 Å². The van der Waals surface area contributed by atoms with E-state index in [1.165, 1.54) is 0 Å². The van der Waals surface area contributed by atoms with Gasteiger partial charge in [0, 0.05) is 0 Å². The molecular weight excluding hydrogens is 389 g/mol. The van der Waals surface area contributed by atoms with Crippen molar-refractivity contribution in [2.45, 2.75) is 64.6 Å². The molecule has 0 N–H and O–H groups in total. The zero-order valence-electron chi connectivity index (χ0n) is 11.0. The molecule has 0 aliphatic carbocycles. The number of hydrogen-bond donors (Lipinski definition) is 0. The van der Waals surface area contributed by atoms with Crippen LogP contribution in [0.4, 0.5) is 0 Å². The fourth-order valence-electron chi connectivity index (χ4n) is 3.78. The van der Waals surface area contributed by atoms with E-state index in [0.717, 1.165) is 4.66 Å². The van der Waals surface area contributed by atoms with Crippen molar-refractivity contribution in [1.82, 2.24) is 0 Å². The molecule has 1 rings (SSSR count). The summed E-state index contributed by atoms with van der Waals surface area (Å²) in [6.07, 6.45) is 3.31. The fraction of sp³-hybridized carbons (Fsp3) is 1.00. The molecule has 0 aromatic rings. The maximum absolute atomic E-state index is 2.63. The quantitative estimate of drug-likeness (QED) is 0.576. The van der Waals surface area contributed by atoms with Crippen molar-refractivity contribution in [2.75, 3.05) is 0 Å². The van der Waals surface area contributed by atoms with E-state index in [0.29, 0.717) is 0 Å². The molecule has 0 amide bonds. The summed E-state index contributed by atoms with van der Waals surface area (Å²) in [4.78, 5) is 0. The SMILES string of the molecule is C[Si](C)(C)C1([Si](C)(C)C)C[CH2][Hg][CH2]C1. The summed E-state index contributed by atoms with van der Waals surface area (Å²) in [6.45, 7) is 15.8. The van der Waals surface area contributed by atoms with E-state index in [1.54, 1.807) is 20.7 Å². The van der Waals surface area contributed by atoms with E-state index in [2.05, 4.69) is 39.3 Å². The van der Waals surface area contributed by atoms with Gasteiger partial charge in [-0.05, 0) is 0 Å². The Morgan fingerprint density at radius 2 is 1.14 bits per heavy atom. The first kappa shape index (κ1) is 13.4. The van der Waals surface area contributed by atoms with Gasteiger partial charge in [-0.3, -0.25) is 0 Å². The van der Waals surface area contributed by atoms with Crippen LogP contribution in [0.2, 0.25) is 51.8 Å². The molecule has 0 nitrogen and oxygen atoms in total. The van der Waals surface area contributed by atoms with Gasteiger partial charge in [0.25, 0.3) is 0 Å². The van der Waals surface area contributed by atoms with Gasteiger partial charge in [-0.15, -0.1) is 0 Å². The Kier molecular flexibility index (Phi) is 4.15. The van der Waals surface area contributed by atoms with Gasteiger partial charge < -0.3 is 0 Å². The van der Waals surface area contributed by atoms with Gasteiger partial charge in [0.1, 0.15) is 0 Å². The molecule has 1 aliphatic heterocycles. The topological polar surface area (TPSA) is 0 Å². The van der Waals surface area contributed by atoms with Crippen LogP contribution in [0.1, 0.15) is 12.8 Å². The Morgan fingerprint density at radius 3 is 1.36 bits per heavy atom. The van der Waals surface area contributed by atoms with Crippen LogP contribution < -0.4 is 0 Å². The molecule has 14 heavy (non-hydrogen) atoms. The third kappa shape index (κ3) is 2.37. The van der Waals surface area contributed by atoms with E-state index in [1.807, 2.05) is 0 Å². The van der Waals surface area contributed by atoms with Gasteiger partial charge >= 0.3 is 105 Å². The second-order valence-corrected chi connectivity index (χ2v) is 26.8. The molecule has 1 fully saturated rings. The van der Waals surface area contributed by atoms with Crippen molar-refractivity contribution in [2.24, 2.45) is 0 Å². The standard InChI is InChI=1S/C11H26Si2.Hg/c1-9-11(10-2,12(3,4)5)13(6,7)8;/h1-2,9-10H2,3-8H3;. The van der Waals surface area contributed by atoms with Crippen molar-refractivity contribution >= 4 is 16.1 Å². The summed E-state index contributed by atoms with van der Waals surface area (Å²) >= 11 is -0.309. The first-order valence-electron chi connectivity index (χ1n) is 6.21. The summed E-state index contributed by atoms with van der Waals surface area (Å²) < 4.78 is 4.35. The normalized spacial score (nSPS) is 22.4. The first-order chi connectivity index (χ1) is 6.21. The summed E-state index contributed by atoms with van der Waals surface area (Å²) in [5, 5.41) is 0. The average Bonchev–Trinajstić information content (AvgIpc) is 2.02. The molecule has 0 spiro atoms. The van der Waals surface area contributed by atoms with Crippen LogP contribution in [0.15, 0.2) is 0 Å². The first-order valence-corrected chi connectivity index (χ1v) is 21.0. The molecule has 3 heteroatoms. The number of rotatable bonds is 2. The Hall–Kier alpha value is 1.37. The van der Waals surface area contributed by atoms with E-state index in [-0.39, 0.29) is 24.6 Å². The van der Waals surface area contributed by atoms with Crippen LogP contribution in [0.3, 0.4) is 0 Å². The van der Waals surface area contributed by atoms with Gasteiger partial charge in [-0.2, -0.15) is 0 Å². The predicted molar refractivity (Wildman–Crippen MR) is 68.2 cm³/mol. The van der Waals surface area contributed by atoms with Gasteiger partial charge in [0.05, 0.1) is 0 Å². The van der Waals surface area contributed by atoms with Crippen molar-refractivity contribution < 1.29 is 24.6 Å². The second-order valence-electron chi connectivity index (χ2n) is 7.14. The van der Waals surface area contributed by atoms with Crippen molar-refractivity contribution in [3.63, 3.8) is 0 Å². The van der Waals surface area contributed by atoms with Crippen LogP contribution in [-0.2, 0) is 24.6 Å². The van der Waals surface area contributed by atoms with Crippen molar-refractivity contribution in [3.05, 3.63) is 0 Å². The summed E-state index contributed by atoms with van der Waals surface area (Å²) in [7, 11) is -1.89. The van der Waals surface area contributed by atoms with E-state index >= 15 is 0 Å². The molecule has 0 saturated carbocycles. The Labute approximate surface area is 105 Å². The summed E-state index contributed by atoms with van der Waals surface area (Å²) in [6, 6.07) is 0. The molecule has 1 saturated heterocycles. The minimum atomic E-state index is -0.945. The van der Waals surface area contributed by atoms with Gasteiger partial charge in [-0.25, -0.2) is 0 Å². The second kappa shape index (κ2) is 4.32. The average molecular weight is 415 g/mol. The molecule has 0 radical (unpaired) electrons. The minimum absolute atomic E-state index is 0.309. The maximum atomic E-state index is 2.63. The number of hydrogen-bond acceptors (Lipinski definition) is 0. The van der Waals surface area contributed by atoms with E-state index in [9.17, 15) is 0 Å². The van der Waals surface area contributed by atoms with Gasteiger partial charge in [-0.1, -0.05) is 0 Å². The Bertz CT molecular complexity index is 178. The van der Waals surface area contributed by atoms with Crippen LogP contribution in [0.5, 0.6) is 0 Å². The molecular formula is C11H26HgSi2. The summed E-state index contributed by atoms with van der Waals surface area (Å²) in [5.74, 6) is 0. The molecule has 0 aromatic heterocycles. The molecule has 80 valence electrons. The van der Waals surface area contributed by atoms with Crippen LogP contribution >= 0.6 is 0 Å². The monoisotopic (exact) mass is 416 g/mol. The van der Waals surface area contributed by atoms with Crippen LogP contribution in [0.25, 0.3) is 0 Å². The molecule has 0 bridgehead atoms. The summed E-state index contributed by atoms with van der Waals surface area (Å²) in [5.41, 5.74) is 0. The zero-order chi connectivity index (χ0) is 11.0. The zero-order valence-corrected chi connectivity index (χ0v) is 18.5. The van der Waals surface area contributed by atoms with Crippen LogP contribution in [0, 0.1) is 0 Å². The molecule has 0 aromatic carbocycles. The molecule has 1 aliphatic rings. The Morgan fingerprint density at radius 1 is 0.786 bits per heavy atom.